The van der Waals surface area contributed by atoms with Gasteiger partial charge in [0.05, 0.1) is 11.9 Å². The molecular formula is C29H32N4O. The Labute approximate surface area is 201 Å². The summed E-state index contributed by atoms with van der Waals surface area (Å²) < 4.78 is 0. The number of nitrogens with zero attached hydrogens (tertiary/aromatic N) is 3. The van der Waals surface area contributed by atoms with E-state index in [9.17, 15) is 4.79 Å². The smallest absolute Gasteiger partial charge is 0.274 e. The second-order valence-corrected chi connectivity index (χ2v) is 9.65. The SMILES string of the molecule is CC1CCN=C(C(=O)Nc2ccc(CCC3CCCC3)nc2)c2cc(-c3cccnc3)ccc21. The number of hydrogen-bond donors (Lipinski definition) is 1. The van der Waals surface area contributed by atoms with Gasteiger partial charge in [-0.15, -0.1) is 0 Å². The Morgan fingerprint density at radius 2 is 1.91 bits per heavy atom. The van der Waals surface area contributed by atoms with Gasteiger partial charge in [-0.25, -0.2) is 0 Å². The summed E-state index contributed by atoms with van der Waals surface area (Å²) in [6.07, 6.45) is 14.0. The Bertz CT molecular complexity index is 1160. The predicted octanol–water partition coefficient (Wildman–Crippen LogP) is 6.20. The number of pyridine rings is 2. The molecule has 0 spiro atoms. The molecule has 5 nitrogen and oxygen atoms in total. The number of hydrogen-bond acceptors (Lipinski definition) is 4. The summed E-state index contributed by atoms with van der Waals surface area (Å²) in [5, 5.41) is 3.03. The quantitative estimate of drug-likeness (QED) is 0.484. The van der Waals surface area contributed by atoms with Crippen LogP contribution >= 0.6 is 0 Å². The number of amides is 1. The standard InChI is InChI=1S/C29H32N4O/c1-20-14-16-31-28(27-17-22(9-13-26(20)27)23-7-4-15-30-18-23)29(34)33-25-12-11-24(32-19-25)10-8-21-5-2-3-6-21/h4,7,9,11-13,15,17-21H,2-3,5-6,8,10,14,16H2,1H3,(H,33,34). The maximum atomic E-state index is 13.3. The number of carbonyl (C=O) groups excluding carboxylic acids is 1. The van der Waals surface area contributed by atoms with Gasteiger partial charge < -0.3 is 5.32 Å². The number of rotatable bonds is 6. The first kappa shape index (κ1) is 22.5. The molecule has 174 valence electrons. The van der Waals surface area contributed by atoms with E-state index in [1.807, 2.05) is 30.5 Å². The maximum Gasteiger partial charge on any atom is 0.274 e. The minimum absolute atomic E-state index is 0.181. The second kappa shape index (κ2) is 10.3. The molecule has 2 aromatic heterocycles. The minimum atomic E-state index is -0.181. The van der Waals surface area contributed by atoms with E-state index in [-0.39, 0.29) is 5.91 Å². The molecular weight excluding hydrogens is 420 g/mol. The largest absolute Gasteiger partial charge is 0.319 e. The number of benzene rings is 1. The van der Waals surface area contributed by atoms with Crippen LogP contribution in [0.4, 0.5) is 5.69 Å². The van der Waals surface area contributed by atoms with Gasteiger partial charge in [-0.05, 0) is 66.5 Å². The molecule has 0 radical (unpaired) electrons. The Kier molecular flexibility index (Phi) is 6.79. The summed E-state index contributed by atoms with van der Waals surface area (Å²) in [6.45, 7) is 2.84. The molecule has 1 unspecified atom stereocenters. The maximum absolute atomic E-state index is 13.3. The van der Waals surface area contributed by atoms with Crippen molar-refractivity contribution < 1.29 is 4.79 Å². The van der Waals surface area contributed by atoms with Gasteiger partial charge in [-0.1, -0.05) is 50.8 Å². The highest BCUT2D eigenvalue weighted by molar-refractivity contribution is 6.49. The molecule has 1 saturated carbocycles. The number of aliphatic imine (C=N–C) groups is 1. The van der Waals surface area contributed by atoms with E-state index in [1.54, 1.807) is 12.4 Å². The topological polar surface area (TPSA) is 67.2 Å². The van der Waals surface area contributed by atoms with E-state index in [1.165, 1.54) is 37.7 Å². The number of aromatic nitrogens is 2. The van der Waals surface area contributed by atoms with Crippen molar-refractivity contribution in [2.75, 3.05) is 11.9 Å². The highest BCUT2D eigenvalue weighted by atomic mass is 16.1. The zero-order chi connectivity index (χ0) is 23.3. The first-order valence-electron chi connectivity index (χ1n) is 12.5. The lowest BCUT2D eigenvalue weighted by Crippen LogP contribution is -2.25. The van der Waals surface area contributed by atoms with Gasteiger partial charge in [0, 0.05) is 35.8 Å². The predicted molar refractivity (Wildman–Crippen MR) is 137 cm³/mol. The van der Waals surface area contributed by atoms with Gasteiger partial charge in [-0.2, -0.15) is 0 Å². The first-order chi connectivity index (χ1) is 16.7. The van der Waals surface area contributed by atoms with Crippen LogP contribution in [0, 0.1) is 5.92 Å². The van der Waals surface area contributed by atoms with Crippen LogP contribution in [0.5, 0.6) is 0 Å². The van der Waals surface area contributed by atoms with Gasteiger partial charge in [-0.3, -0.25) is 19.8 Å². The molecule has 0 bridgehead atoms. The first-order valence-corrected chi connectivity index (χ1v) is 12.5. The highest BCUT2D eigenvalue weighted by Gasteiger charge is 2.24. The summed E-state index contributed by atoms with van der Waals surface area (Å²) in [5.41, 5.74) is 6.44. The fraction of sp³-hybridized carbons (Fsp3) is 0.379. The number of nitrogens with one attached hydrogen (secondary N) is 1. The Morgan fingerprint density at radius 3 is 2.68 bits per heavy atom. The van der Waals surface area contributed by atoms with Crippen molar-refractivity contribution >= 4 is 17.3 Å². The van der Waals surface area contributed by atoms with Crippen molar-refractivity contribution in [1.82, 2.24) is 9.97 Å². The van der Waals surface area contributed by atoms with Crippen LogP contribution in [0.3, 0.4) is 0 Å². The van der Waals surface area contributed by atoms with E-state index in [4.69, 9.17) is 4.99 Å². The van der Waals surface area contributed by atoms with Crippen molar-refractivity contribution in [2.24, 2.45) is 10.9 Å². The Balaban J connectivity index is 1.33. The van der Waals surface area contributed by atoms with Crippen molar-refractivity contribution in [3.8, 4) is 11.1 Å². The van der Waals surface area contributed by atoms with Crippen molar-refractivity contribution in [3.05, 3.63) is 77.9 Å². The van der Waals surface area contributed by atoms with Crippen LogP contribution in [0.1, 0.15) is 68.2 Å². The Morgan fingerprint density at radius 1 is 1.03 bits per heavy atom. The number of fused-ring (bicyclic) bond motifs is 1. The molecule has 1 N–H and O–H groups in total. The molecule has 1 aliphatic heterocycles. The van der Waals surface area contributed by atoms with E-state index >= 15 is 0 Å². The molecule has 1 atom stereocenters. The third-order valence-electron chi connectivity index (χ3n) is 7.25. The lowest BCUT2D eigenvalue weighted by molar-refractivity contribution is -0.110. The van der Waals surface area contributed by atoms with Gasteiger partial charge in [0.1, 0.15) is 5.71 Å². The molecule has 2 aliphatic rings. The van der Waals surface area contributed by atoms with Crippen LogP contribution in [-0.4, -0.2) is 28.1 Å². The number of aryl methyl sites for hydroxylation is 1. The number of anilines is 1. The zero-order valence-electron chi connectivity index (χ0n) is 19.8. The summed E-state index contributed by atoms with van der Waals surface area (Å²) >= 11 is 0. The summed E-state index contributed by atoms with van der Waals surface area (Å²) in [6, 6.07) is 14.3. The summed E-state index contributed by atoms with van der Waals surface area (Å²) in [4.78, 5) is 26.9. The lowest BCUT2D eigenvalue weighted by atomic mass is 9.89. The summed E-state index contributed by atoms with van der Waals surface area (Å²) in [5.74, 6) is 1.01. The van der Waals surface area contributed by atoms with Gasteiger partial charge in [0.25, 0.3) is 5.91 Å². The number of carbonyl (C=O) groups is 1. The van der Waals surface area contributed by atoms with Crippen LogP contribution in [0.25, 0.3) is 11.1 Å². The van der Waals surface area contributed by atoms with Crippen molar-refractivity contribution in [2.45, 2.75) is 57.8 Å². The lowest BCUT2D eigenvalue weighted by Gasteiger charge is -2.16. The average molecular weight is 453 g/mol. The molecule has 1 aromatic carbocycles. The molecule has 34 heavy (non-hydrogen) atoms. The molecule has 5 rings (SSSR count). The minimum Gasteiger partial charge on any atom is -0.319 e. The van der Waals surface area contributed by atoms with E-state index in [0.29, 0.717) is 23.9 Å². The van der Waals surface area contributed by atoms with E-state index < -0.39 is 0 Å². The van der Waals surface area contributed by atoms with Crippen LogP contribution in [-0.2, 0) is 11.2 Å². The van der Waals surface area contributed by atoms with Gasteiger partial charge >= 0.3 is 0 Å². The molecule has 5 heteroatoms. The monoisotopic (exact) mass is 452 g/mol. The molecule has 3 heterocycles. The highest BCUT2D eigenvalue weighted by Crippen LogP contribution is 2.31. The van der Waals surface area contributed by atoms with Gasteiger partial charge in [0.15, 0.2) is 0 Å². The third-order valence-corrected chi connectivity index (χ3v) is 7.25. The van der Waals surface area contributed by atoms with Crippen LogP contribution < -0.4 is 5.32 Å². The van der Waals surface area contributed by atoms with E-state index in [2.05, 4.69) is 40.4 Å². The second-order valence-electron chi connectivity index (χ2n) is 9.65. The van der Waals surface area contributed by atoms with Crippen molar-refractivity contribution in [3.63, 3.8) is 0 Å². The Hall–Kier alpha value is -3.34. The van der Waals surface area contributed by atoms with Crippen LogP contribution in [0.2, 0.25) is 0 Å². The van der Waals surface area contributed by atoms with E-state index in [0.717, 1.165) is 41.1 Å². The van der Waals surface area contributed by atoms with Crippen LogP contribution in [0.15, 0.2) is 66.0 Å². The van der Waals surface area contributed by atoms with Crippen molar-refractivity contribution in [1.29, 1.82) is 0 Å². The summed E-state index contributed by atoms with van der Waals surface area (Å²) in [7, 11) is 0. The molecule has 3 aromatic rings. The molecule has 1 amide bonds. The molecule has 1 aliphatic carbocycles. The molecule has 1 fully saturated rings. The molecule has 0 saturated heterocycles. The van der Waals surface area contributed by atoms with Gasteiger partial charge in [0.2, 0.25) is 0 Å². The zero-order valence-corrected chi connectivity index (χ0v) is 19.8. The average Bonchev–Trinajstić information content (AvgIpc) is 3.34. The normalized spacial score (nSPS) is 18.1. The third kappa shape index (κ3) is 5.09. The fourth-order valence-corrected chi connectivity index (χ4v) is 5.20. The fourth-order valence-electron chi connectivity index (χ4n) is 5.20.